The standard InChI is InChI=1S/C19H24N4O3S/c1-15(24)23-10-9-21(18-13-27(25,26)14-19(18)23)11-16-3-5-17(6-4-16)12-22-8-2-7-20-22/h2-8,18-19H,9-14H2,1H3. The molecule has 1 aromatic heterocycles. The molecule has 0 N–H and O–H groups in total. The minimum Gasteiger partial charge on any atom is -0.336 e. The van der Waals surface area contributed by atoms with E-state index in [1.54, 1.807) is 11.1 Å². The quantitative estimate of drug-likeness (QED) is 0.773. The minimum atomic E-state index is -3.10. The summed E-state index contributed by atoms with van der Waals surface area (Å²) in [5, 5.41) is 4.22. The van der Waals surface area contributed by atoms with Gasteiger partial charge in [-0.15, -0.1) is 0 Å². The zero-order valence-electron chi connectivity index (χ0n) is 15.4. The molecule has 2 aliphatic rings. The molecule has 2 atom stereocenters. The van der Waals surface area contributed by atoms with E-state index in [0.717, 1.165) is 12.1 Å². The lowest BCUT2D eigenvalue weighted by Crippen LogP contribution is -2.59. The number of sulfone groups is 1. The van der Waals surface area contributed by atoms with E-state index < -0.39 is 9.84 Å². The summed E-state index contributed by atoms with van der Waals surface area (Å²) in [6.07, 6.45) is 3.70. The summed E-state index contributed by atoms with van der Waals surface area (Å²) in [6.45, 7) is 4.24. The summed E-state index contributed by atoms with van der Waals surface area (Å²) in [5.41, 5.74) is 2.32. The predicted molar refractivity (Wildman–Crippen MR) is 102 cm³/mol. The fraction of sp³-hybridized carbons (Fsp3) is 0.474. The van der Waals surface area contributed by atoms with Gasteiger partial charge in [0.25, 0.3) is 0 Å². The Morgan fingerprint density at radius 1 is 1.07 bits per heavy atom. The fourth-order valence-corrected chi connectivity index (χ4v) is 6.19. The minimum absolute atomic E-state index is 0.0373. The molecule has 0 saturated carbocycles. The van der Waals surface area contributed by atoms with E-state index in [9.17, 15) is 13.2 Å². The first kappa shape index (κ1) is 18.2. The van der Waals surface area contributed by atoms with Gasteiger partial charge in [-0.25, -0.2) is 8.42 Å². The van der Waals surface area contributed by atoms with Gasteiger partial charge in [0.1, 0.15) is 0 Å². The Kier molecular flexibility index (Phi) is 4.77. The maximum absolute atomic E-state index is 12.2. The van der Waals surface area contributed by atoms with Crippen LogP contribution < -0.4 is 0 Å². The van der Waals surface area contributed by atoms with Gasteiger partial charge in [-0.05, 0) is 17.2 Å². The summed E-state index contributed by atoms with van der Waals surface area (Å²) >= 11 is 0. The third kappa shape index (κ3) is 3.91. The lowest BCUT2D eigenvalue weighted by atomic mass is 10.0. The van der Waals surface area contributed by atoms with E-state index in [2.05, 4.69) is 34.3 Å². The van der Waals surface area contributed by atoms with Crippen molar-refractivity contribution in [1.82, 2.24) is 19.6 Å². The van der Waals surface area contributed by atoms with E-state index in [1.165, 1.54) is 12.5 Å². The number of nitrogens with zero attached hydrogens (tertiary/aromatic N) is 4. The second-order valence-corrected chi connectivity index (χ2v) is 9.57. The van der Waals surface area contributed by atoms with Crippen LogP contribution in [0.15, 0.2) is 42.7 Å². The first-order chi connectivity index (χ1) is 12.9. The SMILES string of the molecule is CC(=O)N1CCN(Cc2ccc(Cn3cccn3)cc2)C2CS(=O)(=O)CC21. The number of carbonyl (C=O) groups is 1. The highest BCUT2D eigenvalue weighted by Crippen LogP contribution is 2.28. The van der Waals surface area contributed by atoms with Gasteiger partial charge in [0.2, 0.25) is 5.91 Å². The maximum atomic E-state index is 12.2. The number of amides is 1. The van der Waals surface area contributed by atoms with E-state index in [0.29, 0.717) is 19.6 Å². The van der Waals surface area contributed by atoms with E-state index in [1.807, 2.05) is 16.9 Å². The van der Waals surface area contributed by atoms with Gasteiger partial charge < -0.3 is 4.90 Å². The number of rotatable bonds is 4. The second-order valence-electron chi connectivity index (χ2n) is 7.41. The van der Waals surface area contributed by atoms with Crippen molar-refractivity contribution >= 4 is 15.7 Å². The zero-order chi connectivity index (χ0) is 19.0. The highest BCUT2D eigenvalue weighted by Gasteiger charge is 2.47. The number of carbonyl (C=O) groups excluding carboxylic acids is 1. The summed E-state index contributed by atoms with van der Waals surface area (Å²) in [7, 11) is -3.10. The van der Waals surface area contributed by atoms with Crippen molar-refractivity contribution in [1.29, 1.82) is 0 Å². The van der Waals surface area contributed by atoms with Crippen molar-refractivity contribution in [2.75, 3.05) is 24.6 Å². The molecule has 0 spiro atoms. The summed E-state index contributed by atoms with van der Waals surface area (Å²) in [4.78, 5) is 15.8. The van der Waals surface area contributed by atoms with Crippen LogP contribution in [0.3, 0.4) is 0 Å². The van der Waals surface area contributed by atoms with Gasteiger partial charge in [0, 0.05) is 45.0 Å². The second kappa shape index (κ2) is 7.09. The lowest BCUT2D eigenvalue weighted by Gasteiger charge is -2.43. The van der Waals surface area contributed by atoms with Crippen molar-refractivity contribution in [2.45, 2.75) is 32.1 Å². The van der Waals surface area contributed by atoms with Crippen LogP contribution in [0, 0.1) is 0 Å². The maximum Gasteiger partial charge on any atom is 0.219 e. The van der Waals surface area contributed by atoms with Crippen LogP contribution in [0.2, 0.25) is 0 Å². The molecule has 27 heavy (non-hydrogen) atoms. The van der Waals surface area contributed by atoms with Crippen molar-refractivity contribution in [3.8, 4) is 0 Å². The van der Waals surface area contributed by atoms with Crippen molar-refractivity contribution in [3.05, 3.63) is 53.9 Å². The third-order valence-corrected chi connectivity index (χ3v) is 7.21. The summed E-state index contributed by atoms with van der Waals surface area (Å²) in [6, 6.07) is 9.93. The number of aromatic nitrogens is 2. The molecule has 2 aliphatic heterocycles. The molecule has 2 fully saturated rings. The smallest absolute Gasteiger partial charge is 0.219 e. The van der Waals surface area contributed by atoms with Gasteiger partial charge in [-0.2, -0.15) is 5.10 Å². The van der Waals surface area contributed by atoms with Crippen molar-refractivity contribution in [2.24, 2.45) is 0 Å². The molecule has 2 aromatic rings. The van der Waals surface area contributed by atoms with Crippen LogP contribution in [0.4, 0.5) is 0 Å². The van der Waals surface area contributed by atoms with E-state index in [-0.39, 0.29) is 29.5 Å². The van der Waals surface area contributed by atoms with Crippen molar-refractivity contribution < 1.29 is 13.2 Å². The van der Waals surface area contributed by atoms with E-state index in [4.69, 9.17) is 0 Å². The summed E-state index contributed by atoms with van der Waals surface area (Å²) < 4.78 is 26.3. The molecule has 0 aliphatic carbocycles. The third-order valence-electron chi connectivity index (χ3n) is 5.51. The van der Waals surface area contributed by atoms with Gasteiger partial charge in [0.05, 0.1) is 24.1 Å². The molecule has 1 amide bonds. The van der Waals surface area contributed by atoms with Crippen LogP contribution in [0.1, 0.15) is 18.1 Å². The Hall–Kier alpha value is -2.19. The predicted octanol–water partition coefficient (Wildman–Crippen LogP) is 0.761. The molecule has 4 rings (SSSR count). The molecule has 0 bridgehead atoms. The monoisotopic (exact) mass is 388 g/mol. The molecular formula is C19H24N4O3S. The molecule has 7 nitrogen and oxygen atoms in total. The van der Waals surface area contributed by atoms with E-state index >= 15 is 0 Å². The molecule has 8 heteroatoms. The molecule has 3 heterocycles. The Morgan fingerprint density at radius 2 is 1.74 bits per heavy atom. The fourth-order valence-electron chi connectivity index (χ4n) is 4.18. The Labute approximate surface area is 159 Å². The van der Waals surface area contributed by atoms with Gasteiger partial charge in [0.15, 0.2) is 9.84 Å². The highest BCUT2D eigenvalue weighted by atomic mass is 32.2. The Morgan fingerprint density at radius 3 is 2.37 bits per heavy atom. The number of benzene rings is 1. The molecular weight excluding hydrogens is 364 g/mol. The first-order valence-electron chi connectivity index (χ1n) is 9.18. The largest absolute Gasteiger partial charge is 0.336 e. The van der Waals surface area contributed by atoms with Gasteiger partial charge >= 0.3 is 0 Å². The van der Waals surface area contributed by atoms with Gasteiger partial charge in [-0.3, -0.25) is 14.4 Å². The molecule has 144 valence electrons. The lowest BCUT2D eigenvalue weighted by molar-refractivity contribution is -0.134. The van der Waals surface area contributed by atoms with Crippen LogP contribution in [-0.2, 0) is 27.7 Å². The van der Waals surface area contributed by atoms with Crippen LogP contribution in [0.5, 0.6) is 0 Å². The molecule has 2 saturated heterocycles. The topological polar surface area (TPSA) is 75.5 Å². The average molecular weight is 388 g/mol. The zero-order valence-corrected chi connectivity index (χ0v) is 16.2. The molecule has 1 aromatic carbocycles. The summed E-state index contributed by atoms with van der Waals surface area (Å²) in [5.74, 6) is 0.180. The first-order valence-corrected chi connectivity index (χ1v) is 11.0. The highest BCUT2D eigenvalue weighted by molar-refractivity contribution is 7.91. The van der Waals surface area contributed by atoms with Crippen LogP contribution >= 0.6 is 0 Å². The van der Waals surface area contributed by atoms with Crippen LogP contribution in [0.25, 0.3) is 0 Å². The molecule has 0 radical (unpaired) electrons. The number of hydrogen-bond donors (Lipinski definition) is 0. The van der Waals surface area contributed by atoms with Crippen molar-refractivity contribution in [3.63, 3.8) is 0 Å². The number of piperazine rings is 1. The molecule has 2 unspecified atom stereocenters. The van der Waals surface area contributed by atoms with Crippen LogP contribution in [-0.4, -0.2) is 70.6 Å². The normalized spacial score (nSPS) is 24.7. The Bertz CT molecular complexity index is 909. The Balaban J connectivity index is 1.46. The van der Waals surface area contributed by atoms with Gasteiger partial charge in [-0.1, -0.05) is 24.3 Å². The number of hydrogen-bond acceptors (Lipinski definition) is 5. The average Bonchev–Trinajstić information content (AvgIpc) is 3.23. The number of fused-ring (bicyclic) bond motifs is 1.